The molecule has 0 fully saturated rings. The molecule has 3 nitrogen and oxygen atoms in total. The predicted octanol–water partition coefficient (Wildman–Crippen LogP) is -2.58. The first-order valence-corrected chi connectivity index (χ1v) is 14.4. The molecular formula is H6CaKO3PSi. The molecule has 0 rings (SSSR count). The molecule has 0 amide bonds. The van der Waals surface area contributed by atoms with Crippen LogP contribution in [-0.4, -0.2) is 98.6 Å². The molecule has 7 heavy (non-hydrogen) atoms. The standard InChI is InChI=1S/Ca.K.HO3P.H3Si.H/c;;1-4(2)3;;/h;;(H-,1,2,3);1H3;/q-1;;;;/p+1. The van der Waals surface area contributed by atoms with Crippen LogP contribution >= 0.6 is 3.01 Å². The van der Waals surface area contributed by atoms with Gasteiger partial charge in [-0.1, -0.05) is 0 Å². The summed E-state index contributed by atoms with van der Waals surface area (Å²) in [7, 11) is 0. The van der Waals surface area contributed by atoms with Crippen molar-refractivity contribution >= 4 is 91.8 Å². The van der Waals surface area contributed by atoms with Gasteiger partial charge in [-0.3, -0.25) is 0 Å². The van der Waals surface area contributed by atoms with E-state index in [1.807, 2.05) is 0 Å². The van der Waals surface area contributed by atoms with E-state index in [2.05, 4.69) is 0 Å². The molecule has 36 valence electrons. The molecule has 0 aromatic carbocycles. The normalized spacial score (nSPS) is 9.43. The second-order valence-corrected chi connectivity index (χ2v) is 17.6. The van der Waals surface area contributed by atoms with Gasteiger partial charge in [0.05, 0.1) is 0 Å². The molecule has 0 unspecified atom stereocenters. The van der Waals surface area contributed by atoms with E-state index >= 15 is 0 Å². The molecule has 2 N–H and O–H groups in total. The summed E-state index contributed by atoms with van der Waals surface area (Å²) in [4.78, 5) is 16.1. The predicted molar refractivity (Wildman–Crippen MR) is 34.9 cm³/mol. The summed E-state index contributed by atoms with van der Waals surface area (Å²) in [5.74, 6) is 0. The Kier molecular flexibility index (Phi) is 11.1. The third-order valence-corrected chi connectivity index (χ3v) is 15.3. The molecule has 0 saturated heterocycles. The van der Waals surface area contributed by atoms with Crippen molar-refractivity contribution in [3.8, 4) is 0 Å². The summed E-state index contributed by atoms with van der Waals surface area (Å²) >= 11 is -1.30. The topological polar surface area (TPSA) is 57.5 Å². The van der Waals surface area contributed by atoms with Crippen molar-refractivity contribution in [1.29, 1.82) is 0 Å². The average Bonchev–Trinajstić information content (AvgIpc) is 1.35. The molecule has 0 radical (unpaired) electrons. The van der Waals surface area contributed by atoms with Crippen LogP contribution in [0, 0.1) is 0 Å². The Balaban J connectivity index is 0. The van der Waals surface area contributed by atoms with E-state index in [0.717, 1.165) is 5.38 Å². The first kappa shape index (κ1) is 12.9. The third kappa shape index (κ3) is 12.5. The summed E-state index contributed by atoms with van der Waals surface area (Å²) in [5, 5.41) is 0.772. The molecule has 0 aliphatic rings. The first-order valence-electron chi connectivity index (χ1n) is 1.61. The van der Waals surface area contributed by atoms with Gasteiger partial charge < -0.3 is 0 Å². The molecule has 0 aliphatic heterocycles. The molecule has 0 aliphatic carbocycles. The van der Waals surface area contributed by atoms with Crippen LogP contribution < -0.4 is 0 Å². The Morgan fingerprint density at radius 1 is 1.57 bits per heavy atom. The van der Waals surface area contributed by atoms with Crippen LogP contribution in [0.15, 0.2) is 0 Å². The van der Waals surface area contributed by atoms with E-state index in [0.29, 0.717) is 0 Å². The van der Waals surface area contributed by atoms with Crippen LogP contribution in [0.2, 0.25) is 0 Å². The van der Waals surface area contributed by atoms with Gasteiger partial charge in [0, 0.05) is 0 Å². The molecule has 0 saturated carbocycles. The van der Waals surface area contributed by atoms with E-state index in [4.69, 9.17) is 9.79 Å². The van der Waals surface area contributed by atoms with Gasteiger partial charge in [0.2, 0.25) is 0 Å². The minimum absolute atomic E-state index is 0. The van der Waals surface area contributed by atoms with Crippen LogP contribution in [-0.2, 0) is 4.57 Å². The average molecular weight is 192 g/mol. The number of hydrogen-bond acceptors (Lipinski definition) is 1. The molecule has 0 spiro atoms. The van der Waals surface area contributed by atoms with Crippen LogP contribution in [0.5, 0.6) is 0 Å². The first-order chi connectivity index (χ1) is 2.56. The third-order valence-electron chi connectivity index (χ3n) is 0.412. The Morgan fingerprint density at radius 2 is 1.71 bits per heavy atom. The van der Waals surface area contributed by atoms with Gasteiger partial charge in [0.25, 0.3) is 0 Å². The molecule has 0 heterocycles. The van der Waals surface area contributed by atoms with Crippen LogP contribution in [0.25, 0.3) is 0 Å². The van der Waals surface area contributed by atoms with Crippen molar-refractivity contribution in [2.45, 2.75) is 0 Å². The van der Waals surface area contributed by atoms with Gasteiger partial charge in [0.15, 0.2) is 0 Å². The quantitative estimate of drug-likeness (QED) is 0.354. The molecular weight excluding hydrogens is 186 g/mol. The van der Waals surface area contributed by atoms with Crippen molar-refractivity contribution in [1.82, 2.24) is 0 Å². The van der Waals surface area contributed by atoms with E-state index < -0.39 is 35.1 Å². The fourth-order valence-corrected chi connectivity index (χ4v) is 0. The SMILES string of the molecule is O=[P](O)(O)[Ca][SiH3].[KH]. The molecule has 0 atom stereocenters. The van der Waals surface area contributed by atoms with Crippen LogP contribution in [0.1, 0.15) is 0 Å². The van der Waals surface area contributed by atoms with Gasteiger partial charge in [-0.2, -0.15) is 0 Å². The molecule has 0 aromatic heterocycles. The monoisotopic (exact) mass is 192 g/mol. The van der Waals surface area contributed by atoms with Crippen LogP contribution in [0.3, 0.4) is 0 Å². The van der Waals surface area contributed by atoms with E-state index in [9.17, 15) is 4.57 Å². The summed E-state index contributed by atoms with van der Waals surface area (Å²) < 4.78 is 6.42. The summed E-state index contributed by atoms with van der Waals surface area (Å²) in [6.07, 6.45) is 0. The van der Waals surface area contributed by atoms with Gasteiger partial charge >= 0.3 is 106 Å². The van der Waals surface area contributed by atoms with Gasteiger partial charge in [-0.15, -0.1) is 0 Å². The fourth-order valence-electron chi connectivity index (χ4n) is 0. The Labute approximate surface area is 103 Å². The van der Waals surface area contributed by atoms with Gasteiger partial charge in [-0.05, 0) is 0 Å². The van der Waals surface area contributed by atoms with Crippen molar-refractivity contribution in [2.75, 3.05) is 0 Å². The zero-order valence-corrected chi connectivity index (χ0v) is 8.56. The molecule has 0 aromatic rings. The van der Waals surface area contributed by atoms with Crippen molar-refractivity contribution in [3.05, 3.63) is 0 Å². The van der Waals surface area contributed by atoms with Crippen LogP contribution in [0.4, 0.5) is 0 Å². The van der Waals surface area contributed by atoms with Crippen molar-refractivity contribution in [2.24, 2.45) is 0 Å². The molecule has 7 heteroatoms. The zero-order chi connectivity index (χ0) is 5.21. The van der Waals surface area contributed by atoms with E-state index in [-0.39, 0.29) is 51.4 Å². The maximum atomic E-state index is 9.81. The summed E-state index contributed by atoms with van der Waals surface area (Å²) in [5.41, 5.74) is 0. The summed E-state index contributed by atoms with van der Waals surface area (Å²) in [6, 6.07) is 0. The van der Waals surface area contributed by atoms with Crippen molar-refractivity contribution < 1.29 is 14.4 Å². The zero-order valence-electron chi connectivity index (χ0n) is 3.46. The van der Waals surface area contributed by atoms with Gasteiger partial charge in [-0.25, -0.2) is 0 Å². The van der Waals surface area contributed by atoms with Crippen molar-refractivity contribution in [3.63, 3.8) is 0 Å². The second-order valence-electron chi connectivity index (χ2n) is 0.981. The minimum atomic E-state index is -3.40. The maximum absolute atomic E-state index is 9.81. The Morgan fingerprint density at radius 3 is 1.71 bits per heavy atom. The Bertz CT molecular complexity index is 79.0. The second kappa shape index (κ2) is 6.00. The van der Waals surface area contributed by atoms with Gasteiger partial charge in [0.1, 0.15) is 0 Å². The fraction of sp³-hybridized carbons (Fsp3) is 0. The Hall–Kier alpha value is 3.26. The summed E-state index contributed by atoms with van der Waals surface area (Å²) in [6.45, 7) is 0. The molecule has 0 bridgehead atoms. The van der Waals surface area contributed by atoms with E-state index in [1.54, 1.807) is 0 Å². The number of hydrogen-bond donors (Lipinski definition) is 2. The van der Waals surface area contributed by atoms with E-state index in [1.165, 1.54) is 0 Å². The number of rotatable bonds is 1.